The molecule has 1 amide bonds. The lowest BCUT2D eigenvalue weighted by atomic mass is 9.88. The average molecular weight is 318 g/mol. The van der Waals surface area contributed by atoms with Crippen molar-refractivity contribution >= 4 is 27.5 Å². The molecule has 1 aliphatic heterocycles. The van der Waals surface area contributed by atoms with E-state index in [1.165, 1.54) is 6.33 Å². The van der Waals surface area contributed by atoms with Gasteiger partial charge in [0.05, 0.1) is 10.2 Å². The number of aromatic nitrogens is 2. The lowest BCUT2D eigenvalue weighted by molar-refractivity contribution is 0.0500. The summed E-state index contributed by atoms with van der Waals surface area (Å²) >= 11 is 1.55. The summed E-state index contributed by atoms with van der Waals surface area (Å²) in [6.45, 7) is 5.63. The minimum absolute atomic E-state index is 0.0271. The van der Waals surface area contributed by atoms with Gasteiger partial charge in [0.1, 0.15) is 12.0 Å². The third kappa shape index (κ3) is 2.61. The number of carbonyl (C=O) groups excluding carboxylic acids is 1. The molecule has 2 aromatic rings. The van der Waals surface area contributed by atoms with E-state index in [4.69, 9.17) is 5.73 Å². The van der Waals surface area contributed by atoms with E-state index in [1.54, 1.807) is 11.3 Å². The number of likely N-dealkylation sites (tertiary alicyclic amines) is 1. The van der Waals surface area contributed by atoms with Crippen LogP contribution in [0.25, 0.3) is 10.2 Å². The van der Waals surface area contributed by atoms with Crippen molar-refractivity contribution in [3.05, 3.63) is 23.0 Å². The molecule has 2 unspecified atom stereocenters. The van der Waals surface area contributed by atoms with Gasteiger partial charge in [-0.15, -0.1) is 11.3 Å². The van der Waals surface area contributed by atoms with Gasteiger partial charge >= 0.3 is 0 Å². The normalized spacial score (nSPS) is 22.2. The Morgan fingerprint density at radius 2 is 2.32 bits per heavy atom. The van der Waals surface area contributed by atoms with Crippen molar-refractivity contribution in [3.63, 3.8) is 0 Å². The van der Waals surface area contributed by atoms with E-state index in [1.807, 2.05) is 17.2 Å². The standard InChI is InChI=1S/C16H22N4OS/c1-10-4-3-7-20(12(10)5-6-17)16(21)14-15-13(18-9-19-14)11(2)8-22-15/h8-10,12H,3-7,17H2,1-2H3. The van der Waals surface area contributed by atoms with Gasteiger partial charge in [0.2, 0.25) is 0 Å². The summed E-state index contributed by atoms with van der Waals surface area (Å²) in [5, 5.41) is 2.03. The van der Waals surface area contributed by atoms with Crippen LogP contribution < -0.4 is 5.73 Å². The number of fused-ring (bicyclic) bond motifs is 1. The number of rotatable bonds is 3. The van der Waals surface area contributed by atoms with Crippen LogP contribution in [0.15, 0.2) is 11.7 Å². The lowest BCUT2D eigenvalue weighted by Gasteiger charge is -2.40. The molecule has 0 aliphatic carbocycles. The Kier molecular flexibility index (Phi) is 4.40. The van der Waals surface area contributed by atoms with Crippen molar-refractivity contribution < 1.29 is 4.79 Å². The van der Waals surface area contributed by atoms with Crippen molar-refractivity contribution in [2.45, 2.75) is 39.2 Å². The number of aryl methyl sites for hydroxylation is 1. The highest BCUT2D eigenvalue weighted by Crippen LogP contribution is 2.30. The maximum Gasteiger partial charge on any atom is 0.274 e. The summed E-state index contributed by atoms with van der Waals surface area (Å²) in [7, 11) is 0. The zero-order chi connectivity index (χ0) is 15.7. The Balaban J connectivity index is 1.97. The Labute approximate surface area is 134 Å². The third-order valence-corrected chi connectivity index (χ3v) is 5.67. The Hall–Kier alpha value is -1.53. The molecule has 118 valence electrons. The zero-order valence-corrected chi connectivity index (χ0v) is 13.9. The molecule has 6 heteroatoms. The number of amides is 1. The fourth-order valence-electron chi connectivity index (χ4n) is 3.37. The zero-order valence-electron chi connectivity index (χ0n) is 13.1. The number of carbonyl (C=O) groups is 1. The largest absolute Gasteiger partial charge is 0.334 e. The average Bonchev–Trinajstić information content (AvgIpc) is 2.90. The smallest absolute Gasteiger partial charge is 0.274 e. The monoisotopic (exact) mass is 318 g/mol. The molecule has 0 saturated carbocycles. The highest BCUT2D eigenvalue weighted by Gasteiger charge is 2.33. The van der Waals surface area contributed by atoms with Crippen LogP contribution in [-0.2, 0) is 0 Å². The van der Waals surface area contributed by atoms with Gasteiger partial charge < -0.3 is 10.6 Å². The molecule has 0 bridgehead atoms. The first-order chi connectivity index (χ1) is 10.6. The van der Waals surface area contributed by atoms with E-state index < -0.39 is 0 Å². The molecular weight excluding hydrogens is 296 g/mol. The molecule has 5 nitrogen and oxygen atoms in total. The van der Waals surface area contributed by atoms with Crippen molar-refractivity contribution in [1.29, 1.82) is 0 Å². The highest BCUT2D eigenvalue weighted by molar-refractivity contribution is 7.17. The van der Waals surface area contributed by atoms with E-state index >= 15 is 0 Å². The minimum Gasteiger partial charge on any atom is -0.334 e. The summed E-state index contributed by atoms with van der Waals surface area (Å²) in [5.41, 5.74) is 8.29. The molecule has 2 atom stereocenters. The molecule has 2 N–H and O–H groups in total. The first-order valence-electron chi connectivity index (χ1n) is 7.83. The maximum absolute atomic E-state index is 13.1. The lowest BCUT2D eigenvalue weighted by Crippen LogP contribution is -2.48. The van der Waals surface area contributed by atoms with E-state index in [0.717, 1.165) is 41.6 Å². The maximum atomic E-state index is 13.1. The number of hydrogen-bond acceptors (Lipinski definition) is 5. The first-order valence-corrected chi connectivity index (χ1v) is 8.71. The summed E-state index contributed by atoms with van der Waals surface area (Å²) in [4.78, 5) is 23.6. The Morgan fingerprint density at radius 3 is 3.09 bits per heavy atom. The van der Waals surface area contributed by atoms with E-state index in [9.17, 15) is 4.79 Å². The fraction of sp³-hybridized carbons (Fsp3) is 0.562. The number of nitrogens with zero attached hydrogens (tertiary/aromatic N) is 3. The van der Waals surface area contributed by atoms with E-state index in [2.05, 4.69) is 16.9 Å². The summed E-state index contributed by atoms with van der Waals surface area (Å²) in [5.74, 6) is 0.517. The molecule has 22 heavy (non-hydrogen) atoms. The van der Waals surface area contributed by atoms with Gasteiger partial charge in [-0.1, -0.05) is 6.92 Å². The second-order valence-electron chi connectivity index (χ2n) is 6.08. The third-order valence-electron chi connectivity index (χ3n) is 4.57. The van der Waals surface area contributed by atoms with Gasteiger partial charge in [-0.05, 0) is 49.6 Å². The van der Waals surface area contributed by atoms with Gasteiger partial charge in [-0.2, -0.15) is 0 Å². The highest BCUT2D eigenvalue weighted by atomic mass is 32.1. The van der Waals surface area contributed by atoms with Crippen molar-refractivity contribution in [1.82, 2.24) is 14.9 Å². The van der Waals surface area contributed by atoms with E-state index in [-0.39, 0.29) is 11.9 Å². The topological polar surface area (TPSA) is 72.1 Å². The van der Waals surface area contributed by atoms with Crippen LogP contribution >= 0.6 is 11.3 Å². The van der Waals surface area contributed by atoms with Crippen LogP contribution in [-0.4, -0.2) is 39.9 Å². The number of nitrogens with two attached hydrogens (primary N) is 1. The van der Waals surface area contributed by atoms with Crippen LogP contribution in [0.2, 0.25) is 0 Å². The SMILES string of the molecule is Cc1csc2c(C(=O)N3CCCC(C)C3CCN)ncnc12. The summed E-state index contributed by atoms with van der Waals surface area (Å²) < 4.78 is 0.898. The molecule has 1 fully saturated rings. The fourth-order valence-corrected chi connectivity index (χ4v) is 4.35. The van der Waals surface area contributed by atoms with Crippen LogP contribution in [0.3, 0.4) is 0 Å². The molecule has 0 radical (unpaired) electrons. The first kappa shape index (κ1) is 15.4. The molecule has 0 aromatic carbocycles. The van der Waals surface area contributed by atoms with Crippen molar-refractivity contribution in [3.8, 4) is 0 Å². The number of hydrogen-bond donors (Lipinski definition) is 1. The predicted molar refractivity (Wildman–Crippen MR) is 89.0 cm³/mol. The summed E-state index contributed by atoms with van der Waals surface area (Å²) in [6, 6.07) is 0.220. The second-order valence-corrected chi connectivity index (χ2v) is 6.96. The van der Waals surface area contributed by atoms with Crippen LogP contribution in [0.1, 0.15) is 42.2 Å². The Morgan fingerprint density at radius 1 is 1.50 bits per heavy atom. The van der Waals surface area contributed by atoms with E-state index in [0.29, 0.717) is 18.2 Å². The molecule has 0 spiro atoms. The van der Waals surface area contributed by atoms with Crippen molar-refractivity contribution in [2.24, 2.45) is 11.7 Å². The Bertz CT molecular complexity index is 684. The van der Waals surface area contributed by atoms with Gasteiger partial charge in [-0.25, -0.2) is 9.97 Å². The molecular formula is C16H22N4OS. The minimum atomic E-state index is 0.0271. The van der Waals surface area contributed by atoms with Crippen LogP contribution in [0.4, 0.5) is 0 Å². The van der Waals surface area contributed by atoms with Crippen molar-refractivity contribution in [2.75, 3.05) is 13.1 Å². The number of piperidine rings is 1. The van der Waals surface area contributed by atoms with Gasteiger partial charge in [0.15, 0.2) is 0 Å². The predicted octanol–water partition coefficient (Wildman–Crippen LogP) is 2.59. The quantitative estimate of drug-likeness (QED) is 0.944. The molecule has 1 saturated heterocycles. The second kappa shape index (κ2) is 6.30. The molecule has 1 aliphatic rings. The molecule has 3 heterocycles. The van der Waals surface area contributed by atoms with Crippen LogP contribution in [0, 0.1) is 12.8 Å². The molecule has 2 aromatic heterocycles. The van der Waals surface area contributed by atoms with Gasteiger partial charge in [0, 0.05) is 12.6 Å². The summed E-state index contributed by atoms with van der Waals surface area (Å²) in [6.07, 6.45) is 4.56. The number of thiophene rings is 1. The molecule has 3 rings (SSSR count). The van der Waals surface area contributed by atoms with Gasteiger partial charge in [-0.3, -0.25) is 4.79 Å². The van der Waals surface area contributed by atoms with Gasteiger partial charge in [0.25, 0.3) is 5.91 Å². The van der Waals surface area contributed by atoms with Crippen LogP contribution in [0.5, 0.6) is 0 Å².